The van der Waals surface area contributed by atoms with Gasteiger partial charge in [0.2, 0.25) is 0 Å². The van der Waals surface area contributed by atoms with E-state index in [4.69, 9.17) is 0 Å². The van der Waals surface area contributed by atoms with Crippen LogP contribution < -0.4 is 5.32 Å². The Labute approximate surface area is 122 Å². The van der Waals surface area contributed by atoms with Gasteiger partial charge in [0, 0.05) is 30.7 Å². The molecule has 0 radical (unpaired) electrons. The van der Waals surface area contributed by atoms with Crippen molar-refractivity contribution in [3.05, 3.63) is 40.6 Å². The molecule has 0 saturated heterocycles. The molecule has 0 aliphatic heterocycles. The lowest BCUT2D eigenvalue weighted by Crippen LogP contribution is -2.25. The van der Waals surface area contributed by atoms with E-state index in [9.17, 15) is 4.79 Å². The second-order valence-corrected chi connectivity index (χ2v) is 5.46. The molecule has 0 amide bonds. The molecule has 0 aliphatic rings. The topological polar surface area (TPSA) is 56.1 Å². The fourth-order valence-electron chi connectivity index (χ4n) is 2.01. The van der Waals surface area contributed by atoms with E-state index in [2.05, 4.69) is 26.5 Å². The predicted molar refractivity (Wildman–Crippen MR) is 78.6 cm³/mol. The van der Waals surface area contributed by atoms with Crippen LogP contribution in [-0.4, -0.2) is 29.2 Å². The third-order valence-corrected chi connectivity index (χ3v) is 4.02. The van der Waals surface area contributed by atoms with Gasteiger partial charge in [0.15, 0.2) is 0 Å². The van der Waals surface area contributed by atoms with Crippen molar-refractivity contribution in [1.29, 1.82) is 0 Å². The van der Waals surface area contributed by atoms with Crippen LogP contribution in [0.3, 0.4) is 0 Å². The van der Waals surface area contributed by atoms with Crippen LogP contribution in [0.25, 0.3) is 0 Å². The van der Waals surface area contributed by atoms with Crippen LogP contribution in [0.1, 0.15) is 29.6 Å². The van der Waals surface area contributed by atoms with E-state index in [0.29, 0.717) is 6.42 Å². The number of ether oxygens (including phenoxy) is 1. The highest BCUT2D eigenvalue weighted by atomic mass is 32.1. The van der Waals surface area contributed by atoms with Crippen molar-refractivity contribution in [2.24, 2.45) is 7.05 Å². The maximum Gasteiger partial charge on any atom is 0.305 e. The Kier molecular flexibility index (Phi) is 5.31. The summed E-state index contributed by atoms with van der Waals surface area (Å²) < 4.78 is 6.65. The summed E-state index contributed by atoms with van der Waals surface area (Å²) >= 11 is 1.70. The number of hydrogen-bond acceptors (Lipinski definition) is 5. The van der Waals surface area contributed by atoms with Gasteiger partial charge in [-0.05, 0) is 24.4 Å². The third kappa shape index (κ3) is 3.68. The number of methoxy groups -OCH3 is 1. The van der Waals surface area contributed by atoms with Crippen molar-refractivity contribution in [3.8, 4) is 0 Å². The summed E-state index contributed by atoms with van der Waals surface area (Å²) in [5, 5.41) is 5.52. The summed E-state index contributed by atoms with van der Waals surface area (Å²) in [5.41, 5.74) is 0. The van der Waals surface area contributed by atoms with E-state index in [1.165, 1.54) is 12.0 Å². The van der Waals surface area contributed by atoms with Crippen LogP contribution in [0.15, 0.2) is 29.9 Å². The second-order valence-electron chi connectivity index (χ2n) is 4.48. The highest BCUT2D eigenvalue weighted by molar-refractivity contribution is 7.10. The molecular weight excluding hydrogens is 274 g/mol. The first-order valence-corrected chi connectivity index (χ1v) is 7.41. The maximum absolute atomic E-state index is 11.1. The van der Waals surface area contributed by atoms with E-state index in [0.717, 1.165) is 18.8 Å². The number of carbonyl (C=O) groups excluding carboxylic acids is 1. The van der Waals surface area contributed by atoms with Gasteiger partial charge in [-0.3, -0.25) is 4.79 Å². The van der Waals surface area contributed by atoms with Crippen LogP contribution >= 0.6 is 11.3 Å². The lowest BCUT2D eigenvalue weighted by Gasteiger charge is -2.17. The molecule has 2 heterocycles. The molecule has 1 N–H and O–H groups in total. The van der Waals surface area contributed by atoms with E-state index in [-0.39, 0.29) is 12.0 Å². The molecule has 5 nitrogen and oxygen atoms in total. The fraction of sp³-hybridized carbons (Fsp3) is 0.429. The Balaban J connectivity index is 1.98. The van der Waals surface area contributed by atoms with Crippen molar-refractivity contribution in [2.45, 2.75) is 18.9 Å². The van der Waals surface area contributed by atoms with Gasteiger partial charge in [0.25, 0.3) is 0 Å². The molecule has 0 aliphatic carbocycles. The van der Waals surface area contributed by atoms with Crippen molar-refractivity contribution in [2.75, 3.05) is 13.7 Å². The molecule has 0 bridgehead atoms. The number of nitrogens with zero attached hydrogens (tertiary/aromatic N) is 2. The lowest BCUT2D eigenvalue weighted by molar-refractivity contribution is -0.140. The number of aromatic nitrogens is 2. The SMILES string of the molecule is COC(=O)CCCNC(c1cccs1)c1nccn1C. The van der Waals surface area contributed by atoms with Gasteiger partial charge >= 0.3 is 5.97 Å². The average molecular weight is 293 g/mol. The van der Waals surface area contributed by atoms with E-state index in [1.807, 2.05) is 23.9 Å². The van der Waals surface area contributed by atoms with Crippen molar-refractivity contribution >= 4 is 17.3 Å². The van der Waals surface area contributed by atoms with Crippen molar-refractivity contribution in [3.63, 3.8) is 0 Å². The van der Waals surface area contributed by atoms with Gasteiger partial charge < -0.3 is 14.6 Å². The van der Waals surface area contributed by atoms with Crippen molar-refractivity contribution < 1.29 is 9.53 Å². The van der Waals surface area contributed by atoms with E-state index >= 15 is 0 Å². The normalized spacial score (nSPS) is 12.3. The van der Waals surface area contributed by atoms with E-state index in [1.54, 1.807) is 17.5 Å². The molecule has 108 valence electrons. The van der Waals surface area contributed by atoms with Crippen LogP contribution in [0.5, 0.6) is 0 Å². The summed E-state index contributed by atoms with van der Waals surface area (Å²) in [7, 11) is 3.40. The zero-order valence-electron chi connectivity index (χ0n) is 11.7. The molecule has 0 spiro atoms. The summed E-state index contributed by atoms with van der Waals surface area (Å²) in [6.07, 6.45) is 4.92. The standard InChI is InChI=1S/C14H19N3O2S/c1-17-9-8-16-14(17)13(11-5-4-10-20-11)15-7-3-6-12(18)19-2/h4-5,8-10,13,15H,3,6-7H2,1-2H3. The molecule has 1 atom stereocenters. The van der Waals surface area contributed by atoms with Crippen LogP contribution in [0, 0.1) is 0 Å². The number of rotatable bonds is 7. The van der Waals surface area contributed by atoms with Crippen LogP contribution in [0.2, 0.25) is 0 Å². The van der Waals surface area contributed by atoms with Crippen LogP contribution in [-0.2, 0) is 16.6 Å². The van der Waals surface area contributed by atoms with Gasteiger partial charge in [0.1, 0.15) is 11.9 Å². The Bertz CT molecular complexity index is 536. The molecule has 20 heavy (non-hydrogen) atoms. The van der Waals surface area contributed by atoms with Gasteiger partial charge in [0.05, 0.1) is 7.11 Å². The van der Waals surface area contributed by atoms with E-state index < -0.39 is 0 Å². The molecule has 2 rings (SSSR count). The fourth-order valence-corrected chi connectivity index (χ4v) is 2.81. The highest BCUT2D eigenvalue weighted by Crippen LogP contribution is 2.24. The molecule has 0 aromatic carbocycles. The summed E-state index contributed by atoms with van der Waals surface area (Å²) in [6, 6.07) is 4.19. The molecular formula is C14H19N3O2S. The monoisotopic (exact) mass is 293 g/mol. The lowest BCUT2D eigenvalue weighted by atomic mass is 10.2. The number of hydrogen-bond donors (Lipinski definition) is 1. The first kappa shape index (κ1) is 14.7. The third-order valence-electron chi connectivity index (χ3n) is 3.08. The molecule has 0 saturated carbocycles. The number of thiophene rings is 1. The highest BCUT2D eigenvalue weighted by Gasteiger charge is 2.18. The van der Waals surface area contributed by atoms with Gasteiger partial charge in [-0.1, -0.05) is 6.07 Å². The number of imidazole rings is 1. The Morgan fingerprint density at radius 2 is 2.45 bits per heavy atom. The Morgan fingerprint density at radius 1 is 1.60 bits per heavy atom. The van der Waals surface area contributed by atoms with Gasteiger partial charge in [-0.2, -0.15) is 0 Å². The van der Waals surface area contributed by atoms with Gasteiger partial charge in [-0.15, -0.1) is 11.3 Å². The average Bonchev–Trinajstić information content (AvgIpc) is 3.10. The number of nitrogens with one attached hydrogen (secondary N) is 1. The second kappa shape index (κ2) is 7.21. The minimum Gasteiger partial charge on any atom is -0.469 e. The Hall–Kier alpha value is -1.66. The Morgan fingerprint density at radius 3 is 3.05 bits per heavy atom. The zero-order chi connectivity index (χ0) is 14.4. The first-order chi connectivity index (χ1) is 9.72. The number of carbonyl (C=O) groups is 1. The largest absolute Gasteiger partial charge is 0.469 e. The minimum atomic E-state index is -0.170. The first-order valence-electron chi connectivity index (χ1n) is 6.53. The van der Waals surface area contributed by atoms with Crippen LogP contribution in [0.4, 0.5) is 0 Å². The number of esters is 1. The minimum absolute atomic E-state index is 0.0626. The maximum atomic E-state index is 11.1. The predicted octanol–water partition coefficient (Wildman–Crippen LogP) is 2.11. The van der Waals surface area contributed by atoms with Gasteiger partial charge in [-0.25, -0.2) is 4.98 Å². The quantitative estimate of drug-likeness (QED) is 0.627. The molecule has 2 aromatic heterocycles. The molecule has 0 fully saturated rings. The summed E-state index contributed by atoms with van der Waals surface area (Å²) in [5.74, 6) is 0.807. The molecule has 2 aromatic rings. The smallest absolute Gasteiger partial charge is 0.305 e. The molecule has 6 heteroatoms. The molecule has 1 unspecified atom stereocenters. The zero-order valence-corrected chi connectivity index (χ0v) is 12.5. The number of aryl methyl sites for hydroxylation is 1. The van der Waals surface area contributed by atoms with Crippen molar-refractivity contribution in [1.82, 2.24) is 14.9 Å². The summed E-state index contributed by atoms with van der Waals surface area (Å²) in [6.45, 7) is 0.741. The summed E-state index contributed by atoms with van der Waals surface area (Å²) in [4.78, 5) is 16.7.